The number of amides is 1. The maximum atomic E-state index is 11.9. The standard InChI is InChI=1S/C12H16N2O3/c1-17-10-6-2-4-8(10)14-12(16)11-9(15)5-3-7-13-11/h3,5,7-8,10,15H,2,4,6H2,1H3,(H,14,16). The fraction of sp³-hybridized carbons (Fsp3) is 0.500. The SMILES string of the molecule is COC1CCCC1NC(=O)c1ncccc1O. The van der Waals surface area contributed by atoms with E-state index >= 15 is 0 Å². The molecule has 0 aliphatic heterocycles. The van der Waals surface area contributed by atoms with Gasteiger partial charge in [-0.05, 0) is 31.4 Å². The molecule has 0 aromatic carbocycles. The summed E-state index contributed by atoms with van der Waals surface area (Å²) in [5, 5.41) is 12.4. The van der Waals surface area contributed by atoms with Gasteiger partial charge in [-0.3, -0.25) is 4.79 Å². The third kappa shape index (κ3) is 2.55. The summed E-state index contributed by atoms with van der Waals surface area (Å²) in [6.45, 7) is 0. The van der Waals surface area contributed by atoms with Gasteiger partial charge in [0, 0.05) is 13.3 Å². The Labute approximate surface area is 99.8 Å². The van der Waals surface area contributed by atoms with Crippen LogP contribution in [0.2, 0.25) is 0 Å². The van der Waals surface area contributed by atoms with Crippen molar-refractivity contribution in [3.8, 4) is 5.75 Å². The molecular weight excluding hydrogens is 220 g/mol. The highest BCUT2D eigenvalue weighted by atomic mass is 16.5. The summed E-state index contributed by atoms with van der Waals surface area (Å²) in [6, 6.07) is 3.04. The quantitative estimate of drug-likeness (QED) is 0.824. The van der Waals surface area contributed by atoms with Crippen LogP contribution in [0.15, 0.2) is 18.3 Å². The summed E-state index contributed by atoms with van der Waals surface area (Å²) in [5.74, 6) is -0.450. The van der Waals surface area contributed by atoms with Crippen molar-refractivity contribution in [2.24, 2.45) is 0 Å². The van der Waals surface area contributed by atoms with E-state index in [0.717, 1.165) is 19.3 Å². The molecule has 1 heterocycles. The second-order valence-electron chi connectivity index (χ2n) is 4.16. The first-order valence-corrected chi connectivity index (χ1v) is 5.70. The van der Waals surface area contributed by atoms with Crippen molar-refractivity contribution < 1.29 is 14.6 Å². The number of pyridine rings is 1. The number of carbonyl (C=O) groups excluding carboxylic acids is 1. The van der Waals surface area contributed by atoms with Gasteiger partial charge in [-0.2, -0.15) is 0 Å². The average molecular weight is 236 g/mol. The van der Waals surface area contributed by atoms with Crippen LogP contribution in [-0.4, -0.2) is 35.3 Å². The molecule has 1 aliphatic carbocycles. The van der Waals surface area contributed by atoms with Crippen molar-refractivity contribution in [1.29, 1.82) is 0 Å². The van der Waals surface area contributed by atoms with E-state index < -0.39 is 0 Å². The Hall–Kier alpha value is -1.62. The van der Waals surface area contributed by atoms with E-state index in [4.69, 9.17) is 4.74 Å². The Morgan fingerprint density at radius 3 is 3.12 bits per heavy atom. The number of methoxy groups -OCH3 is 1. The maximum Gasteiger partial charge on any atom is 0.274 e. The predicted octanol–water partition coefficient (Wildman–Crippen LogP) is 1.08. The van der Waals surface area contributed by atoms with Gasteiger partial charge in [-0.1, -0.05) is 0 Å². The average Bonchev–Trinajstić information content (AvgIpc) is 2.76. The summed E-state index contributed by atoms with van der Waals surface area (Å²) in [5.41, 5.74) is 0.0641. The summed E-state index contributed by atoms with van der Waals surface area (Å²) in [6.07, 6.45) is 4.44. The molecule has 0 bridgehead atoms. The Balaban J connectivity index is 2.04. The lowest BCUT2D eigenvalue weighted by molar-refractivity contribution is 0.0717. The largest absolute Gasteiger partial charge is 0.505 e. The van der Waals surface area contributed by atoms with Gasteiger partial charge >= 0.3 is 0 Å². The number of aromatic nitrogens is 1. The van der Waals surface area contributed by atoms with E-state index in [1.54, 1.807) is 13.2 Å². The van der Waals surface area contributed by atoms with Gasteiger partial charge in [-0.25, -0.2) is 4.98 Å². The second kappa shape index (κ2) is 5.14. The number of rotatable bonds is 3. The van der Waals surface area contributed by atoms with E-state index in [9.17, 15) is 9.90 Å². The molecule has 0 radical (unpaired) electrons. The molecule has 0 saturated heterocycles. The molecule has 2 rings (SSSR count). The van der Waals surface area contributed by atoms with Crippen LogP contribution in [-0.2, 0) is 4.74 Å². The van der Waals surface area contributed by atoms with Crippen LogP contribution in [0.5, 0.6) is 5.75 Å². The molecule has 1 aromatic rings. The zero-order valence-corrected chi connectivity index (χ0v) is 9.72. The Kier molecular flexibility index (Phi) is 3.58. The first kappa shape index (κ1) is 11.9. The zero-order chi connectivity index (χ0) is 12.3. The number of nitrogens with one attached hydrogen (secondary N) is 1. The van der Waals surface area contributed by atoms with Crippen LogP contribution in [0, 0.1) is 0 Å². The van der Waals surface area contributed by atoms with Crippen molar-refractivity contribution in [3.05, 3.63) is 24.0 Å². The topological polar surface area (TPSA) is 71.5 Å². The van der Waals surface area contributed by atoms with Gasteiger partial charge in [-0.15, -0.1) is 0 Å². The first-order valence-electron chi connectivity index (χ1n) is 5.70. The molecule has 2 unspecified atom stereocenters. The predicted molar refractivity (Wildman–Crippen MR) is 61.8 cm³/mol. The highest BCUT2D eigenvalue weighted by Crippen LogP contribution is 2.22. The monoisotopic (exact) mass is 236 g/mol. The van der Waals surface area contributed by atoms with E-state index in [-0.39, 0.29) is 29.5 Å². The van der Waals surface area contributed by atoms with Gasteiger partial charge in [0.05, 0.1) is 12.1 Å². The molecular formula is C12H16N2O3. The lowest BCUT2D eigenvalue weighted by atomic mass is 10.2. The number of carbonyl (C=O) groups is 1. The third-order valence-corrected chi connectivity index (χ3v) is 3.07. The Morgan fingerprint density at radius 1 is 1.59 bits per heavy atom. The van der Waals surface area contributed by atoms with Gasteiger partial charge in [0.1, 0.15) is 5.75 Å². The van der Waals surface area contributed by atoms with E-state index in [1.807, 2.05) is 0 Å². The molecule has 5 heteroatoms. The van der Waals surface area contributed by atoms with E-state index in [0.29, 0.717) is 0 Å². The van der Waals surface area contributed by atoms with E-state index in [1.165, 1.54) is 12.3 Å². The summed E-state index contributed by atoms with van der Waals surface area (Å²) < 4.78 is 5.29. The van der Waals surface area contributed by atoms with Crippen molar-refractivity contribution in [2.45, 2.75) is 31.4 Å². The second-order valence-corrected chi connectivity index (χ2v) is 4.16. The number of ether oxygens (including phenoxy) is 1. The molecule has 2 N–H and O–H groups in total. The van der Waals surface area contributed by atoms with Crippen molar-refractivity contribution in [1.82, 2.24) is 10.3 Å². The minimum absolute atomic E-state index is 0.00825. The normalized spacial score (nSPS) is 23.6. The van der Waals surface area contributed by atoms with Crippen LogP contribution in [0.25, 0.3) is 0 Å². The molecule has 0 spiro atoms. The Morgan fingerprint density at radius 2 is 2.41 bits per heavy atom. The fourth-order valence-corrected chi connectivity index (χ4v) is 2.18. The van der Waals surface area contributed by atoms with Crippen LogP contribution in [0.3, 0.4) is 0 Å². The number of hydrogen-bond donors (Lipinski definition) is 2. The van der Waals surface area contributed by atoms with Crippen LogP contribution < -0.4 is 5.32 Å². The molecule has 1 fully saturated rings. The molecule has 1 saturated carbocycles. The van der Waals surface area contributed by atoms with Gasteiger partial charge in [0.2, 0.25) is 0 Å². The highest BCUT2D eigenvalue weighted by Gasteiger charge is 2.29. The minimum Gasteiger partial charge on any atom is -0.505 e. The molecule has 1 aromatic heterocycles. The lowest BCUT2D eigenvalue weighted by Crippen LogP contribution is -2.41. The summed E-state index contributed by atoms with van der Waals surface area (Å²) >= 11 is 0. The summed E-state index contributed by atoms with van der Waals surface area (Å²) in [4.78, 5) is 15.8. The third-order valence-electron chi connectivity index (χ3n) is 3.07. The Bertz CT molecular complexity index is 408. The smallest absolute Gasteiger partial charge is 0.274 e. The lowest BCUT2D eigenvalue weighted by Gasteiger charge is -2.19. The number of nitrogens with zero attached hydrogens (tertiary/aromatic N) is 1. The number of aromatic hydroxyl groups is 1. The molecule has 2 atom stereocenters. The van der Waals surface area contributed by atoms with Crippen LogP contribution in [0.1, 0.15) is 29.8 Å². The van der Waals surface area contributed by atoms with Gasteiger partial charge < -0.3 is 15.2 Å². The molecule has 17 heavy (non-hydrogen) atoms. The first-order chi connectivity index (χ1) is 8.22. The fourth-order valence-electron chi connectivity index (χ4n) is 2.18. The molecule has 92 valence electrons. The maximum absolute atomic E-state index is 11.9. The van der Waals surface area contributed by atoms with E-state index in [2.05, 4.69) is 10.3 Å². The van der Waals surface area contributed by atoms with Gasteiger partial charge in [0.15, 0.2) is 5.69 Å². The van der Waals surface area contributed by atoms with Crippen LogP contribution in [0.4, 0.5) is 0 Å². The van der Waals surface area contributed by atoms with Crippen molar-refractivity contribution in [3.63, 3.8) is 0 Å². The molecule has 5 nitrogen and oxygen atoms in total. The highest BCUT2D eigenvalue weighted by molar-refractivity contribution is 5.94. The zero-order valence-electron chi connectivity index (χ0n) is 9.72. The van der Waals surface area contributed by atoms with Crippen LogP contribution >= 0.6 is 0 Å². The summed E-state index contributed by atoms with van der Waals surface area (Å²) in [7, 11) is 1.65. The van der Waals surface area contributed by atoms with Gasteiger partial charge in [0.25, 0.3) is 5.91 Å². The molecule has 1 aliphatic rings. The minimum atomic E-state index is -0.350. The van der Waals surface area contributed by atoms with Crippen molar-refractivity contribution in [2.75, 3.05) is 7.11 Å². The molecule has 1 amide bonds. The number of hydrogen-bond acceptors (Lipinski definition) is 4. The van der Waals surface area contributed by atoms with Crippen molar-refractivity contribution >= 4 is 5.91 Å².